The molecule has 33 heavy (non-hydrogen) atoms. The number of amides is 1. The van der Waals surface area contributed by atoms with Crippen LogP contribution in [0.15, 0.2) is 23.6 Å². The Morgan fingerprint density at radius 2 is 1.97 bits per heavy atom. The summed E-state index contributed by atoms with van der Waals surface area (Å²) >= 11 is 3.17. The largest absolute Gasteiger partial charge is 0.489 e. The highest BCUT2D eigenvalue weighted by molar-refractivity contribution is 7.16. The minimum Gasteiger partial charge on any atom is -0.489 e. The maximum absolute atomic E-state index is 11.6. The maximum atomic E-state index is 11.6. The first-order valence-electron chi connectivity index (χ1n) is 10.8. The third kappa shape index (κ3) is 6.97. The highest BCUT2D eigenvalue weighted by atomic mass is 32.1. The first-order valence-corrected chi connectivity index (χ1v) is 12.4. The quantitative estimate of drug-likeness (QED) is 0.418. The van der Waals surface area contributed by atoms with Crippen molar-refractivity contribution >= 4 is 39.4 Å². The maximum Gasteiger partial charge on any atom is 0.248 e. The van der Waals surface area contributed by atoms with Gasteiger partial charge in [-0.25, -0.2) is 9.97 Å². The van der Waals surface area contributed by atoms with Crippen molar-refractivity contribution in [2.75, 3.05) is 39.5 Å². The number of ether oxygens (including phenoxy) is 1. The van der Waals surface area contributed by atoms with Gasteiger partial charge in [-0.3, -0.25) is 9.69 Å². The highest BCUT2D eigenvalue weighted by Crippen LogP contribution is 2.35. The summed E-state index contributed by atoms with van der Waals surface area (Å²) in [5, 5.41) is 7.10. The summed E-state index contributed by atoms with van der Waals surface area (Å²) in [7, 11) is 6.27. The van der Waals surface area contributed by atoms with Crippen molar-refractivity contribution in [3.63, 3.8) is 0 Å². The summed E-state index contributed by atoms with van der Waals surface area (Å²) in [6.07, 6.45) is -0.00838. The molecule has 1 aromatic carbocycles. The van der Waals surface area contributed by atoms with Crippen molar-refractivity contribution in [3.8, 4) is 16.3 Å². The molecule has 0 aliphatic rings. The molecule has 3 N–H and O–H groups in total. The second-order valence-corrected chi connectivity index (χ2v) is 10.4. The number of rotatable bonds is 11. The molecule has 2 aromatic heterocycles. The summed E-state index contributed by atoms with van der Waals surface area (Å²) in [6, 6.07) is 5.11. The van der Waals surface area contributed by atoms with E-state index in [1.165, 1.54) is 11.3 Å². The number of carbonyl (C=O) groups is 1. The van der Waals surface area contributed by atoms with Crippen LogP contribution in [-0.2, 0) is 6.54 Å². The number of nitrogens with two attached hydrogens (primary N) is 1. The van der Waals surface area contributed by atoms with Gasteiger partial charge in [0, 0.05) is 24.0 Å². The first-order chi connectivity index (χ1) is 15.6. The Morgan fingerprint density at radius 1 is 1.21 bits per heavy atom. The lowest BCUT2D eigenvalue weighted by molar-refractivity contribution is 0.100. The fraction of sp³-hybridized carbons (Fsp3) is 0.435. The van der Waals surface area contributed by atoms with E-state index >= 15 is 0 Å². The van der Waals surface area contributed by atoms with E-state index in [4.69, 9.17) is 20.4 Å². The van der Waals surface area contributed by atoms with E-state index in [1.54, 1.807) is 29.5 Å². The lowest BCUT2D eigenvalue weighted by atomic mass is 10.1. The molecule has 3 rings (SSSR count). The molecule has 0 saturated heterocycles. The van der Waals surface area contributed by atoms with Crippen LogP contribution in [0.4, 0.5) is 10.8 Å². The molecular formula is C23H32N6O2S2. The van der Waals surface area contributed by atoms with Gasteiger partial charge >= 0.3 is 0 Å². The van der Waals surface area contributed by atoms with Gasteiger partial charge in [-0.15, -0.1) is 22.7 Å². The van der Waals surface area contributed by atoms with Crippen molar-refractivity contribution in [2.45, 2.75) is 33.4 Å². The monoisotopic (exact) mass is 488 g/mol. The zero-order valence-corrected chi connectivity index (χ0v) is 21.6. The number of anilines is 2. The molecule has 8 nitrogen and oxygen atoms in total. The van der Waals surface area contributed by atoms with Crippen LogP contribution in [0.2, 0.25) is 0 Å². The molecule has 0 radical (unpaired) electrons. The normalized spacial score (nSPS) is 11.5. The molecule has 178 valence electrons. The summed E-state index contributed by atoms with van der Waals surface area (Å²) in [5.74, 6) is 0.154. The lowest BCUT2D eigenvalue weighted by Crippen LogP contribution is -2.28. The van der Waals surface area contributed by atoms with E-state index in [1.807, 2.05) is 26.2 Å². The molecule has 1 amide bonds. The van der Waals surface area contributed by atoms with Crippen LogP contribution in [0.5, 0.6) is 5.75 Å². The van der Waals surface area contributed by atoms with Gasteiger partial charge in [-0.1, -0.05) is 0 Å². The molecular weight excluding hydrogens is 456 g/mol. The minimum atomic E-state index is -0.489. The van der Waals surface area contributed by atoms with E-state index in [2.05, 4.69) is 36.3 Å². The molecule has 0 aliphatic heterocycles. The van der Waals surface area contributed by atoms with Crippen molar-refractivity contribution in [1.82, 2.24) is 19.8 Å². The van der Waals surface area contributed by atoms with Gasteiger partial charge in [-0.05, 0) is 60.1 Å². The summed E-state index contributed by atoms with van der Waals surface area (Å²) in [5.41, 5.74) is 8.39. The summed E-state index contributed by atoms with van der Waals surface area (Å²) in [6.45, 7) is 8.73. The third-order valence-corrected chi connectivity index (χ3v) is 6.70. The summed E-state index contributed by atoms with van der Waals surface area (Å²) in [4.78, 5) is 26.7. The number of aromatic nitrogens is 2. The minimum absolute atomic E-state index is 0.00838. The molecule has 0 spiro atoms. The molecule has 10 heteroatoms. The average molecular weight is 489 g/mol. The van der Waals surface area contributed by atoms with Crippen molar-refractivity contribution in [1.29, 1.82) is 0 Å². The molecule has 2 heterocycles. The van der Waals surface area contributed by atoms with E-state index in [9.17, 15) is 4.79 Å². The molecule has 0 atom stereocenters. The van der Waals surface area contributed by atoms with E-state index < -0.39 is 5.91 Å². The predicted molar refractivity (Wildman–Crippen MR) is 137 cm³/mol. The van der Waals surface area contributed by atoms with Crippen LogP contribution < -0.4 is 15.8 Å². The number of hydrogen-bond acceptors (Lipinski definition) is 9. The molecule has 0 saturated carbocycles. The second kappa shape index (κ2) is 11.1. The zero-order valence-electron chi connectivity index (χ0n) is 20.0. The standard InChI is InChI=1S/C23H32N6O2S2/c1-14(2)31-19-8-7-16(22(24)30)11-17(19)26-23-27-18(13-32-23)21-15(3)25-20(33-21)12-29(6)10-9-28(4)5/h7-8,11,13-14H,9-10,12H2,1-6H3,(H2,24,30)(H,26,27). The van der Waals surface area contributed by atoms with E-state index in [0.29, 0.717) is 22.1 Å². The Kier molecular flexibility index (Phi) is 8.41. The Balaban J connectivity index is 1.77. The predicted octanol–water partition coefficient (Wildman–Crippen LogP) is 4.20. The van der Waals surface area contributed by atoms with Gasteiger partial charge < -0.3 is 20.7 Å². The van der Waals surface area contributed by atoms with Crippen LogP contribution in [-0.4, -0.2) is 66.0 Å². The van der Waals surface area contributed by atoms with Gasteiger partial charge in [0.25, 0.3) is 0 Å². The average Bonchev–Trinajstić information content (AvgIpc) is 3.33. The number of primary amides is 1. The van der Waals surface area contributed by atoms with Gasteiger partial charge in [-0.2, -0.15) is 0 Å². The number of thiazole rings is 2. The van der Waals surface area contributed by atoms with Crippen LogP contribution >= 0.6 is 22.7 Å². The number of nitrogens with one attached hydrogen (secondary N) is 1. The molecule has 0 fully saturated rings. The van der Waals surface area contributed by atoms with Gasteiger partial charge in [0.15, 0.2) is 5.13 Å². The molecule has 0 bridgehead atoms. The smallest absolute Gasteiger partial charge is 0.248 e. The van der Waals surface area contributed by atoms with Crippen molar-refractivity contribution in [2.24, 2.45) is 5.73 Å². The highest BCUT2D eigenvalue weighted by Gasteiger charge is 2.16. The number of hydrogen-bond donors (Lipinski definition) is 2. The Bertz CT molecular complexity index is 1090. The van der Waals surface area contributed by atoms with Gasteiger partial charge in [0.05, 0.1) is 34.6 Å². The Morgan fingerprint density at radius 3 is 2.64 bits per heavy atom. The van der Waals surface area contributed by atoms with Crippen LogP contribution in [0.3, 0.4) is 0 Å². The summed E-state index contributed by atoms with van der Waals surface area (Å²) < 4.78 is 5.88. The molecule has 0 aliphatic carbocycles. The Labute approximate surface area is 203 Å². The number of likely N-dealkylation sites (N-methyl/N-ethyl adjacent to an activating group) is 2. The van der Waals surface area contributed by atoms with Crippen molar-refractivity contribution < 1.29 is 9.53 Å². The number of nitrogens with zero attached hydrogens (tertiary/aromatic N) is 4. The first kappa shape index (κ1) is 25.1. The fourth-order valence-electron chi connectivity index (χ4n) is 3.13. The zero-order chi connectivity index (χ0) is 24.1. The second-order valence-electron chi connectivity index (χ2n) is 8.47. The fourth-order valence-corrected chi connectivity index (χ4v) is 5.02. The van der Waals surface area contributed by atoms with Crippen LogP contribution in [0.1, 0.15) is 34.9 Å². The number of carbonyl (C=O) groups excluding carboxylic acids is 1. The van der Waals surface area contributed by atoms with Crippen molar-refractivity contribution in [3.05, 3.63) is 39.8 Å². The van der Waals surface area contributed by atoms with Gasteiger partial charge in [0.2, 0.25) is 5.91 Å². The molecule has 0 unspecified atom stereocenters. The van der Waals surface area contributed by atoms with E-state index in [0.717, 1.165) is 40.9 Å². The van der Waals surface area contributed by atoms with E-state index in [-0.39, 0.29) is 6.10 Å². The molecule has 3 aromatic rings. The number of aryl methyl sites for hydroxylation is 1. The van der Waals surface area contributed by atoms with Gasteiger partial charge in [0.1, 0.15) is 10.8 Å². The Hall–Kier alpha value is -2.53. The topological polar surface area (TPSA) is 96.6 Å². The third-order valence-electron chi connectivity index (χ3n) is 4.78. The number of benzene rings is 1. The SMILES string of the molecule is Cc1nc(CN(C)CCN(C)C)sc1-c1csc(Nc2cc(C(N)=O)ccc2OC(C)C)n1. The van der Waals surface area contributed by atoms with Crippen LogP contribution in [0.25, 0.3) is 10.6 Å². The lowest BCUT2D eigenvalue weighted by Gasteiger charge is -2.17. The van der Waals surface area contributed by atoms with Crippen LogP contribution in [0, 0.1) is 6.92 Å².